The van der Waals surface area contributed by atoms with Gasteiger partial charge in [0, 0.05) is 42.3 Å². The number of nitrogens with zero attached hydrogens (tertiary/aromatic N) is 1. The zero-order valence-corrected chi connectivity index (χ0v) is 23.7. The van der Waals surface area contributed by atoms with Gasteiger partial charge in [0.25, 0.3) is 0 Å². The lowest BCUT2D eigenvalue weighted by Crippen LogP contribution is -2.55. The normalized spacial score (nSPS) is 19.1. The van der Waals surface area contributed by atoms with E-state index >= 15 is 0 Å². The van der Waals surface area contributed by atoms with Gasteiger partial charge < -0.3 is 21.1 Å². The fourth-order valence-corrected chi connectivity index (χ4v) is 6.81. The van der Waals surface area contributed by atoms with Crippen LogP contribution in [-0.2, 0) is 13.0 Å². The molecule has 4 N–H and O–H groups in total. The van der Waals surface area contributed by atoms with E-state index in [0.29, 0.717) is 17.2 Å². The van der Waals surface area contributed by atoms with Gasteiger partial charge in [0.15, 0.2) is 5.75 Å². The van der Waals surface area contributed by atoms with Gasteiger partial charge in [-0.25, -0.2) is 0 Å². The number of phenols is 1. The molecule has 202 valence electrons. The number of pyridine rings is 1. The van der Waals surface area contributed by atoms with E-state index in [1.54, 1.807) is 18.2 Å². The molecule has 2 aliphatic carbocycles. The van der Waals surface area contributed by atoms with Crippen LogP contribution in [0.3, 0.4) is 0 Å². The molecule has 5 rings (SSSR count). The van der Waals surface area contributed by atoms with Crippen molar-refractivity contribution in [2.75, 3.05) is 5.32 Å². The number of hydrogen-bond acceptors (Lipinski definition) is 5. The van der Waals surface area contributed by atoms with Crippen LogP contribution in [0, 0.1) is 5.92 Å². The van der Waals surface area contributed by atoms with E-state index in [-0.39, 0.29) is 16.3 Å². The van der Waals surface area contributed by atoms with Crippen LogP contribution in [0.5, 0.6) is 5.75 Å². The highest BCUT2D eigenvalue weighted by Gasteiger charge is 2.42. The maximum Gasteiger partial charge on any atom is 0.157 e. The summed E-state index contributed by atoms with van der Waals surface area (Å²) < 4.78 is 0. The summed E-state index contributed by atoms with van der Waals surface area (Å²) in [4.78, 5) is 4.95. The van der Waals surface area contributed by atoms with Crippen molar-refractivity contribution in [3.8, 4) is 5.75 Å². The zero-order valence-electron chi connectivity index (χ0n) is 22.1. The molecule has 2 fully saturated rings. The van der Waals surface area contributed by atoms with Crippen LogP contribution in [-0.4, -0.2) is 20.6 Å². The molecule has 0 amide bonds. The number of thiocarbonyl (C=S) groups is 1. The Balaban J connectivity index is 1.31. The lowest BCUT2D eigenvalue weighted by Gasteiger charge is -2.48. The molecular formula is C31H39ClN4OS. The molecule has 0 saturated heterocycles. The second-order valence-corrected chi connectivity index (χ2v) is 12.1. The van der Waals surface area contributed by atoms with Gasteiger partial charge in [0.05, 0.1) is 16.3 Å². The highest BCUT2D eigenvalue weighted by molar-refractivity contribution is 7.81. The van der Waals surface area contributed by atoms with Crippen LogP contribution in [0.4, 0.5) is 5.69 Å². The number of nitrogens with one attached hydrogen (secondary N) is 3. The Bertz CT molecular complexity index is 1220. The third-order valence-electron chi connectivity index (χ3n) is 8.59. The predicted molar refractivity (Wildman–Crippen MR) is 160 cm³/mol. The molecule has 0 atom stereocenters. The van der Waals surface area contributed by atoms with E-state index in [0.717, 1.165) is 48.6 Å². The zero-order chi connectivity index (χ0) is 26.5. The molecule has 1 aromatic heterocycles. The first kappa shape index (κ1) is 27.0. The summed E-state index contributed by atoms with van der Waals surface area (Å²) in [6.45, 7) is 5.06. The van der Waals surface area contributed by atoms with E-state index in [1.165, 1.54) is 62.5 Å². The van der Waals surface area contributed by atoms with E-state index in [1.807, 2.05) is 12.4 Å². The molecule has 2 aromatic rings. The van der Waals surface area contributed by atoms with Crippen LogP contribution in [0.2, 0.25) is 5.02 Å². The molecule has 0 radical (unpaired) electrons. The minimum Gasteiger partial charge on any atom is -0.504 e. The molecule has 1 aromatic carbocycles. The Morgan fingerprint density at radius 1 is 1.16 bits per heavy atom. The van der Waals surface area contributed by atoms with Gasteiger partial charge in [-0.05, 0) is 67.3 Å². The molecule has 5 nitrogen and oxygen atoms in total. The summed E-state index contributed by atoms with van der Waals surface area (Å²) in [6, 6.07) is 7.35. The van der Waals surface area contributed by atoms with E-state index < -0.39 is 0 Å². The summed E-state index contributed by atoms with van der Waals surface area (Å²) >= 11 is 12.0. The highest BCUT2D eigenvalue weighted by Crippen LogP contribution is 2.42. The third kappa shape index (κ3) is 6.18. The summed E-state index contributed by atoms with van der Waals surface area (Å²) in [6.07, 6.45) is 18.9. The number of aromatic nitrogens is 1. The summed E-state index contributed by atoms with van der Waals surface area (Å²) in [5.74, 6) is 0.896. The molecule has 1 aliphatic heterocycles. The maximum absolute atomic E-state index is 10.4. The van der Waals surface area contributed by atoms with Gasteiger partial charge in [-0.3, -0.25) is 4.98 Å². The van der Waals surface area contributed by atoms with E-state index in [4.69, 9.17) is 23.8 Å². The van der Waals surface area contributed by atoms with E-state index in [2.05, 4.69) is 33.6 Å². The Kier molecular flexibility index (Phi) is 8.59. The number of halogens is 1. The average Bonchev–Trinajstić information content (AvgIpc) is 2.90. The number of hydrogen-bond donors (Lipinski definition) is 4. The average molecular weight is 551 g/mol. The topological polar surface area (TPSA) is 69.2 Å². The Hall–Kier alpha value is -2.57. The number of anilines is 1. The third-order valence-corrected chi connectivity index (χ3v) is 9.20. The van der Waals surface area contributed by atoms with Crippen molar-refractivity contribution in [3.63, 3.8) is 0 Å². The Labute approximate surface area is 237 Å². The van der Waals surface area contributed by atoms with Gasteiger partial charge in [-0.15, -0.1) is 0 Å². The predicted octanol–water partition coefficient (Wildman–Crippen LogP) is 7.56. The molecule has 3 aliphatic rings. The van der Waals surface area contributed by atoms with Crippen LogP contribution in [0.15, 0.2) is 60.2 Å². The number of aromatic hydroxyl groups is 1. The van der Waals surface area contributed by atoms with Crippen molar-refractivity contribution >= 4 is 34.5 Å². The maximum atomic E-state index is 10.4. The molecule has 1 spiro atoms. The van der Waals surface area contributed by atoms with Crippen molar-refractivity contribution in [2.45, 2.75) is 89.1 Å². The molecule has 38 heavy (non-hydrogen) atoms. The molecule has 0 bridgehead atoms. The lowest BCUT2D eigenvalue weighted by molar-refractivity contribution is 0.192. The minimum absolute atomic E-state index is 0.00822. The largest absolute Gasteiger partial charge is 0.504 e. The van der Waals surface area contributed by atoms with Crippen molar-refractivity contribution in [2.24, 2.45) is 5.92 Å². The summed E-state index contributed by atoms with van der Waals surface area (Å²) in [7, 11) is 0. The first-order valence-electron chi connectivity index (χ1n) is 14.1. The number of aryl methyl sites for hydroxylation is 1. The smallest absolute Gasteiger partial charge is 0.157 e. The monoisotopic (exact) mass is 550 g/mol. The van der Waals surface area contributed by atoms with Gasteiger partial charge >= 0.3 is 0 Å². The van der Waals surface area contributed by atoms with Crippen LogP contribution >= 0.6 is 23.8 Å². The van der Waals surface area contributed by atoms with Gasteiger partial charge in [0.2, 0.25) is 0 Å². The van der Waals surface area contributed by atoms with Crippen LogP contribution in [0.1, 0.15) is 81.8 Å². The van der Waals surface area contributed by atoms with Crippen molar-refractivity contribution < 1.29 is 5.11 Å². The number of rotatable bonds is 9. The Morgan fingerprint density at radius 3 is 2.74 bits per heavy atom. The number of para-hydroxylation sites is 1. The highest BCUT2D eigenvalue weighted by atomic mass is 35.5. The van der Waals surface area contributed by atoms with Gasteiger partial charge in [-0.1, -0.05) is 75.0 Å². The van der Waals surface area contributed by atoms with Crippen LogP contribution in [0.25, 0.3) is 0 Å². The molecule has 2 saturated carbocycles. The second-order valence-electron chi connectivity index (χ2n) is 11.3. The first-order chi connectivity index (χ1) is 18.4. The first-order valence-corrected chi connectivity index (χ1v) is 14.9. The molecular weight excluding hydrogens is 512 g/mol. The van der Waals surface area contributed by atoms with Gasteiger partial charge in [-0.2, -0.15) is 0 Å². The Morgan fingerprint density at radius 2 is 1.97 bits per heavy atom. The van der Waals surface area contributed by atoms with Crippen molar-refractivity contribution in [1.29, 1.82) is 0 Å². The number of phenolic OH excluding ortho intramolecular Hbond substituents is 1. The summed E-state index contributed by atoms with van der Waals surface area (Å²) in [5.41, 5.74) is 5.93. The van der Waals surface area contributed by atoms with Crippen molar-refractivity contribution in [3.05, 3.63) is 76.4 Å². The molecule has 0 unspecified atom stereocenters. The quantitative estimate of drug-likeness (QED) is 0.191. The van der Waals surface area contributed by atoms with Crippen LogP contribution < -0.4 is 16.0 Å². The fraction of sp³-hybridized carbons (Fsp3) is 0.484. The van der Waals surface area contributed by atoms with E-state index in [9.17, 15) is 5.11 Å². The minimum atomic E-state index is -0.00822. The molecule has 7 heteroatoms. The van der Waals surface area contributed by atoms with Gasteiger partial charge in [0.1, 0.15) is 4.99 Å². The van der Waals surface area contributed by atoms with Crippen molar-refractivity contribution in [1.82, 2.24) is 15.6 Å². The number of benzene rings is 1. The lowest BCUT2D eigenvalue weighted by atomic mass is 9.71. The standard InChI is InChI=1S/C31H39ClN4OS/c1-21-28(30(38)35-26-13-6-12-25(32)29(26)37)27(18-31(36-21)15-7-16-31)34-20-24-14-17-33-19-23(24)11-5-10-22-8-3-2-4-9-22/h6,12-14,17,19,22,34,36-37H,1-5,7-11,15-16,18,20H2,(H,35,38). The second kappa shape index (κ2) is 12.1. The summed E-state index contributed by atoms with van der Waals surface area (Å²) in [5, 5.41) is 21.3. The SMILES string of the molecule is C=C1NC2(CCC2)CC(NCc2ccncc2CCCC2CCCCC2)=C1C(=S)Nc1cccc(Cl)c1O. The fourth-order valence-electron chi connectivity index (χ4n) is 6.28. The molecule has 2 heterocycles.